The molecule has 214 valence electrons. The highest BCUT2D eigenvalue weighted by Gasteiger charge is 2.33. The van der Waals surface area contributed by atoms with Crippen LogP contribution in [0.1, 0.15) is 41.2 Å². The normalized spacial score (nSPS) is 11.5. The fraction of sp³-hybridized carbons (Fsp3) is 0.176. The first-order valence-electron chi connectivity index (χ1n) is 13.4. The zero-order chi connectivity index (χ0) is 29.7. The van der Waals surface area contributed by atoms with E-state index in [9.17, 15) is 18.0 Å². The maximum absolute atomic E-state index is 13.9. The average molecular weight is 590 g/mol. The van der Waals surface area contributed by atoms with Gasteiger partial charge in [-0.3, -0.25) is 9.78 Å². The summed E-state index contributed by atoms with van der Waals surface area (Å²) in [5.41, 5.74) is 4.02. The highest BCUT2D eigenvalue weighted by molar-refractivity contribution is 6.30. The topological polar surface area (TPSA) is 48.4 Å². The molecule has 5 aromatic rings. The van der Waals surface area contributed by atoms with Crippen molar-refractivity contribution in [3.63, 3.8) is 0 Å². The molecule has 0 fully saturated rings. The van der Waals surface area contributed by atoms with Gasteiger partial charge in [0.1, 0.15) is 19.0 Å². The minimum Gasteiger partial charge on any atom is -0.489 e. The summed E-state index contributed by atoms with van der Waals surface area (Å²) < 4.78 is 52.9. The van der Waals surface area contributed by atoms with Crippen molar-refractivity contribution in [3.05, 3.63) is 130 Å². The first-order chi connectivity index (χ1) is 20.2. The predicted octanol–water partition coefficient (Wildman–Crippen LogP) is 9.20. The zero-order valence-corrected chi connectivity index (χ0v) is 23.5. The molecule has 5 rings (SSSR count). The molecule has 4 nitrogen and oxygen atoms in total. The number of esters is 1. The molecule has 8 heteroatoms. The second kappa shape index (κ2) is 12.7. The Labute approximate surface area is 246 Å². The SMILES string of the molecule is CCC(=O)OCc1ccc(COc2cccc(-c3c(Cc4ccc(Cl)cc4)cnc4c(C(F)(F)F)cccc34)c2)cc1. The molecule has 0 N–H and O–H groups in total. The Balaban J connectivity index is 1.46. The van der Waals surface area contributed by atoms with E-state index >= 15 is 0 Å². The van der Waals surface area contributed by atoms with Crippen molar-refractivity contribution >= 4 is 28.5 Å². The number of aromatic nitrogens is 1. The Bertz CT molecular complexity index is 1700. The lowest BCUT2D eigenvalue weighted by Gasteiger charge is -2.17. The van der Waals surface area contributed by atoms with Crippen molar-refractivity contribution in [2.45, 2.75) is 39.2 Å². The van der Waals surface area contributed by atoms with Crippen LogP contribution in [0.4, 0.5) is 13.2 Å². The summed E-state index contributed by atoms with van der Waals surface area (Å²) in [4.78, 5) is 15.7. The van der Waals surface area contributed by atoms with Crippen LogP contribution >= 0.6 is 11.6 Å². The van der Waals surface area contributed by atoms with Gasteiger partial charge in [-0.1, -0.05) is 79.2 Å². The van der Waals surface area contributed by atoms with Gasteiger partial charge in [0.05, 0.1) is 11.1 Å². The number of hydrogen-bond donors (Lipinski definition) is 0. The molecule has 0 aliphatic rings. The number of pyridine rings is 1. The van der Waals surface area contributed by atoms with E-state index in [2.05, 4.69) is 4.98 Å². The number of nitrogens with zero attached hydrogens (tertiary/aromatic N) is 1. The van der Waals surface area contributed by atoms with E-state index in [0.29, 0.717) is 34.6 Å². The maximum Gasteiger partial charge on any atom is 0.418 e. The third-order valence-corrected chi connectivity index (χ3v) is 7.08. The minimum absolute atomic E-state index is 0.101. The minimum atomic E-state index is -4.54. The summed E-state index contributed by atoms with van der Waals surface area (Å²) >= 11 is 6.06. The Morgan fingerprint density at radius 2 is 1.52 bits per heavy atom. The Morgan fingerprint density at radius 3 is 2.21 bits per heavy atom. The molecule has 0 saturated carbocycles. The summed E-state index contributed by atoms with van der Waals surface area (Å²) in [6.45, 7) is 2.24. The van der Waals surface area contributed by atoms with Gasteiger partial charge in [0, 0.05) is 23.0 Å². The standard InChI is InChI=1S/C34H27ClF3NO3/c1-2-31(40)42-21-24-11-9-23(10-12-24)20-41-28-6-3-5-25(18-28)32-26(17-22-13-15-27(35)16-14-22)19-39-33-29(32)7-4-8-30(33)34(36,37)38/h3-16,18-19H,2,17,20-21H2,1H3. The molecule has 0 radical (unpaired) electrons. The average Bonchev–Trinajstić information content (AvgIpc) is 2.99. The lowest BCUT2D eigenvalue weighted by Crippen LogP contribution is -2.07. The Kier molecular flexibility index (Phi) is 8.78. The van der Waals surface area contributed by atoms with Crippen LogP contribution in [-0.4, -0.2) is 11.0 Å². The molecule has 0 unspecified atom stereocenters. The van der Waals surface area contributed by atoms with Crippen LogP contribution in [0.2, 0.25) is 5.02 Å². The second-order valence-corrected chi connectivity index (χ2v) is 10.2. The molecule has 42 heavy (non-hydrogen) atoms. The fourth-order valence-electron chi connectivity index (χ4n) is 4.70. The summed E-state index contributed by atoms with van der Waals surface area (Å²) in [6.07, 6.45) is -2.24. The Morgan fingerprint density at radius 1 is 0.857 bits per heavy atom. The second-order valence-electron chi connectivity index (χ2n) is 9.81. The van der Waals surface area contributed by atoms with Gasteiger partial charge in [0.2, 0.25) is 0 Å². The number of fused-ring (bicyclic) bond motifs is 1. The van der Waals surface area contributed by atoms with E-state index in [-0.39, 0.29) is 24.7 Å². The lowest BCUT2D eigenvalue weighted by atomic mass is 9.92. The van der Waals surface area contributed by atoms with Crippen LogP contribution in [0, 0.1) is 0 Å². The molecule has 0 bridgehead atoms. The molecule has 0 aliphatic carbocycles. The van der Waals surface area contributed by atoms with Crippen LogP contribution in [0.25, 0.3) is 22.0 Å². The predicted molar refractivity (Wildman–Crippen MR) is 157 cm³/mol. The van der Waals surface area contributed by atoms with Crippen molar-refractivity contribution < 1.29 is 27.4 Å². The van der Waals surface area contributed by atoms with E-state index in [1.165, 1.54) is 12.3 Å². The summed E-state index contributed by atoms with van der Waals surface area (Å²) in [7, 11) is 0. The highest BCUT2D eigenvalue weighted by Crippen LogP contribution is 2.39. The van der Waals surface area contributed by atoms with E-state index in [4.69, 9.17) is 21.1 Å². The van der Waals surface area contributed by atoms with Gasteiger partial charge in [-0.05, 0) is 70.1 Å². The largest absolute Gasteiger partial charge is 0.489 e. The molecule has 0 spiro atoms. The van der Waals surface area contributed by atoms with Gasteiger partial charge in [0.15, 0.2) is 0 Å². The highest BCUT2D eigenvalue weighted by atomic mass is 35.5. The van der Waals surface area contributed by atoms with Crippen LogP contribution in [0.5, 0.6) is 5.75 Å². The van der Waals surface area contributed by atoms with E-state index in [0.717, 1.165) is 33.9 Å². The third kappa shape index (κ3) is 6.92. The summed E-state index contributed by atoms with van der Waals surface area (Å²) in [5.74, 6) is 0.318. The van der Waals surface area contributed by atoms with Gasteiger partial charge < -0.3 is 9.47 Å². The number of halogens is 4. The fourth-order valence-corrected chi connectivity index (χ4v) is 4.82. The van der Waals surface area contributed by atoms with Crippen LogP contribution in [0.3, 0.4) is 0 Å². The number of rotatable bonds is 9. The third-order valence-electron chi connectivity index (χ3n) is 6.83. The molecule has 0 atom stereocenters. The number of hydrogen-bond acceptors (Lipinski definition) is 4. The van der Waals surface area contributed by atoms with Crippen molar-refractivity contribution in [2.24, 2.45) is 0 Å². The van der Waals surface area contributed by atoms with Crippen molar-refractivity contribution in [1.82, 2.24) is 4.98 Å². The zero-order valence-electron chi connectivity index (χ0n) is 22.7. The first-order valence-corrected chi connectivity index (χ1v) is 13.8. The van der Waals surface area contributed by atoms with Gasteiger partial charge in [-0.25, -0.2) is 0 Å². The van der Waals surface area contributed by atoms with E-state index in [1.54, 1.807) is 25.1 Å². The maximum atomic E-state index is 13.9. The van der Waals surface area contributed by atoms with E-state index in [1.807, 2.05) is 60.7 Å². The molecule has 0 amide bonds. The molecule has 1 heterocycles. The van der Waals surface area contributed by atoms with Crippen LogP contribution < -0.4 is 4.74 Å². The van der Waals surface area contributed by atoms with Crippen molar-refractivity contribution in [3.8, 4) is 16.9 Å². The van der Waals surface area contributed by atoms with E-state index < -0.39 is 11.7 Å². The number of carbonyl (C=O) groups excluding carboxylic acids is 1. The van der Waals surface area contributed by atoms with Gasteiger partial charge in [0.25, 0.3) is 0 Å². The number of benzene rings is 4. The van der Waals surface area contributed by atoms with Crippen LogP contribution in [0.15, 0.2) is 97.2 Å². The van der Waals surface area contributed by atoms with Gasteiger partial charge in [-0.2, -0.15) is 13.2 Å². The molecular weight excluding hydrogens is 563 g/mol. The summed E-state index contributed by atoms with van der Waals surface area (Å²) in [6, 6.07) is 26.4. The molecule has 0 saturated heterocycles. The number of para-hydroxylation sites is 1. The lowest BCUT2D eigenvalue weighted by molar-refractivity contribution is -0.144. The van der Waals surface area contributed by atoms with Crippen molar-refractivity contribution in [2.75, 3.05) is 0 Å². The van der Waals surface area contributed by atoms with Gasteiger partial charge >= 0.3 is 12.1 Å². The number of alkyl halides is 3. The first kappa shape index (κ1) is 29.1. The summed E-state index contributed by atoms with van der Waals surface area (Å²) in [5, 5.41) is 1.01. The molecule has 1 aromatic heterocycles. The molecule has 0 aliphatic heterocycles. The molecule has 4 aromatic carbocycles. The molecular formula is C34H27ClF3NO3. The van der Waals surface area contributed by atoms with Crippen LogP contribution in [-0.2, 0) is 35.3 Å². The number of ether oxygens (including phenoxy) is 2. The number of carbonyl (C=O) groups is 1. The smallest absolute Gasteiger partial charge is 0.418 e. The van der Waals surface area contributed by atoms with Gasteiger partial charge in [-0.15, -0.1) is 0 Å². The quantitative estimate of drug-likeness (QED) is 0.161. The van der Waals surface area contributed by atoms with Crippen molar-refractivity contribution in [1.29, 1.82) is 0 Å². The monoisotopic (exact) mass is 589 g/mol. The Hall–Kier alpha value is -4.36.